The lowest BCUT2D eigenvalue weighted by Gasteiger charge is -2.09. The molecule has 1 heterocycles. The summed E-state index contributed by atoms with van der Waals surface area (Å²) in [7, 11) is 0. The standard InChI is InChI=1S/C16H23NS/c1-6-12(3)8-9-13(4)14(5)10-15-11-18-16(7-2)17-15/h6,8,10-11,13H,1,7,9H2,2-5H3/b12-8-,14-10+/t13-/m0/s1. The molecule has 0 aliphatic carbocycles. The average molecular weight is 261 g/mol. The molecule has 0 amide bonds. The normalized spacial score (nSPS) is 14.7. The van der Waals surface area contributed by atoms with Crippen molar-refractivity contribution in [2.24, 2.45) is 5.92 Å². The van der Waals surface area contributed by atoms with Gasteiger partial charge in [0.2, 0.25) is 0 Å². The minimum Gasteiger partial charge on any atom is -0.242 e. The molecule has 0 fully saturated rings. The second-order valence-corrected chi connectivity index (χ2v) is 5.64. The quantitative estimate of drug-likeness (QED) is 0.636. The SMILES string of the molecule is C=C/C(C)=C\C[C@H](C)/C(C)=C/c1csc(CC)n1. The monoisotopic (exact) mass is 261 g/mol. The van der Waals surface area contributed by atoms with Crippen molar-refractivity contribution >= 4 is 17.4 Å². The first kappa shape index (κ1) is 14.9. The van der Waals surface area contributed by atoms with Crippen LogP contribution in [0.25, 0.3) is 6.08 Å². The summed E-state index contributed by atoms with van der Waals surface area (Å²) in [6, 6.07) is 0. The molecule has 1 rings (SSSR count). The van der Waals surface area contributed by atoms with Gasteiger partial charge in [0, 0.05) is 5.38 Å². The van der Waals surface area contributed by atoms with Crippen LogP contribution in [-0.2, 0) is 6.42 Å². The van der Waals surface area contributed by atoms with Crippen LogP contribution in [0.2, 0.25) is 0 Å². The molecule has 1 aromatic heterocycles. The zero-order valence-corrected chi connectivity index (χ0v) is 12.7. The van der Waals surface area contributed by atoms with Gasteiger partial charge < -0.3 is 0 Å². The molecule has 98 valence electrons. The molecular weight excluding hydrogens is 238 g/mol. The maximum atomic E-state index is 4.57. The van der Waals surface area contributed by atoms with Gasteiger partial charge in [0.25, 0.3) is 0 Å². The van der Waals surface area contributed by atoms with E-state index in [1.807, 2.05) is 6.08 Å². The van der Waals surface area contributed by atoms with E-state index >= 15 is 0 Å². The Balaban J connectivity index is 2.67. The van der Waals surface area contributed by atoms with E-state index in [4.69, 9.17) is 0 Å². The van der Waals surface area contributed by atoms with Crippen LogP contribution in [0.4, 0.5) is 0 Å². The molecule has 1 aromatic rings. The summed E-state index contributed by atoms with van der Waals surface area (Å²) < 4.78 is 0. The molecule has 0 saturated carbocycles. The lowest BCUT2D eigenvalue weighted by Crippen LogP contribution is -1.95. The Morgan fingerprint density at radius 1 is 1.50 bits per heavy atom. The maximum absolute atomic E-state index is 4.57. The fourth-order valence-corrected chi connectivity index (χ4v) is 2.26. The van der Waals surface area contributed by atoms with Gasteiger partial charge in [0.1, 0.15) is 0 Å². The third-order valence-electron chi connectivity index (χ3n) is 3.14. The number of aromatic nitrogens is 1. The lowest BCUT2D eigenvalue weighted by molar-refractivity contribution is 0.698. The lowest BCUT2D eigenvalue weighted by atomic mass is 9.97. The predicted molar refractivity (Wildman–Crippen MR) is 82.9 cm³/mol. The highest BCUT2D eigenvalue weighted by molar-refractivity contribution is 7.09. The molecule has 1 atom stereocenters. The molecule has 0 bridgehead atoms. The van der Waals surface area contributed by atoms with Crippen molar-refractivity contribution in [2.75, 3.05) is 0 Å². The molecule has 1 nitrogen and oxygen atoms in total. The molecule has 0 aromatic carbocycles. The van der Waals surface area contributed by atoms with Gasteiger partial charge in [-0.3, -0.25) is 0 Å². The summed E-state index contributed by atoms with van der Waals surface area (Å²) in [5.74, 6) is 0.548. The van der Waals surface area contributed by atoms with E-state index in [-0.39, 0.29) is 0 Å². The zero-order chi connectivity index (χ0) is 13.5. The van der Waals surface area contributed by atoms with E-state index in [0.29, 0.717) is 5.92 Å². The third-order valence-corrected chi connectivity index (χ3v) is 4.15. The molecule has 0 aliphatic rings. The molecule has 0 unspecified atom stereocenters. The second-order valence-electron chi connectivity index (χ2n) is 4.70. The third kappa shape index (κ3) is 4.61. The van der Waals surface area contributed by atoms with E-state index < -0.39 is 0 Å². The largest absolute Gasteiger partial charge is 0.242 e. The highest BCUT2D eigenvalue weighted by Crippen LogP contribution is 2.20. The van der Waals surface area contributed by atoms with Crippen molar-refractivity contribution in [3.05, 3.63) is 46.0 Å². The highest BCUT2D eigenvalue weighted by atomic mass is 32.1. The Morgan fingerprint density at radius 2 is 2.22 bits per heavy atom. The molecule has 2 heteroatoms. The molecule has 0 spiro atoms. The van der Waals surface area contributed by atoms with E-state index in [0.717, 1.165) is 18.5 Å². The fourth-order valence-electron chi connectivity index (χ4n) is 1.56. The van der Waals surface area contributed by atoms with E-state index in [1.54, 1.807) is 11.3 Å². The summed E-state index contributed by atoms with van der Waals surface area (Å²) in [6.45, 7) is 12.4. The first-order chi connectivity index (χ1) is 8.56. The molecule has 0 aliphatic heterocycles. The number of hydrogen-bond donors (Lipinski definition) is 0. The van der Waals surface area contributed by atoms with Crippen LogP contribution >= 0.6 is 11.3 Å². The van der Waals surface area contributed by atoms with Crippen molar-refractivity contribution in [3.8, 4) is 0 Å². The predicted octanol–water partition coefficient (Wildman–Crippen LogP) is 5.27. The first-order valence-electron chi connectivity index (χ1n) is 6.48. The Hall–Kier alpha value is -1.15. The van der Waals surface area contributed by atoms with E-state index in [2.05, 4.69) is 56.8 Å². The average Bonchev–Trinajstić information content (AvgIpc) is 2.82. The molecule has 0 saturated heterocycles. The summed E-state index contributed by atoms with van der Waals surface area (Å²) in [6.07, 6.45) is 8.43. The van der Waals surface area contributed by atoms with Crippen LogP contribution in [0.1, 0.15) is 44.8 Å². The van der Waals surface area contributed by atoms with Crippen LogP contribution in [0.15, 0.2) is 35.3 Å². The summed E-state index contributed by atoms with van der Waals surface area (Å²) in [4.78, 5) is 4.57. The van der Waals surface area contributed by atoms with Gasteiger partial charge in [0.05, 0.1) is 10.7 Å². The topological polar surface area (TPSA) is 12.9 Å². The minimum atomic E-state index is 0.548. The molecular formula is C16H23NS. The highest BCUT2D eigenvalue weighted by Gasteiger charge is 2.04. The van der Waals surface area contributed by atoms with Crippen molar-refractivity contribution in [1.29, 1.82) is 0 Å². The maximum Gasteiger partial charge on any atom is 0.0929 e. The van der Waals surface area contributed by atoms with Crippen molar-refractivity contribution in [1.82, 2.24) is 4.98 Å². The van der Waals surface area contributed by atoms with Gasteiger partial charge in [-0.15, -0.1) is 11.3 Å². The molecule has 18 heavy (non-hydrogen) atoms. The van der Waals surface area contributed by atoms with Crippen LogP contribution in [-0.4, -0.2) is 4.98 Å². The van der Waals surface area contributed by atoms with Gasteiger partial charge in [-0.1, -0.05) is 43.7 Å². The summed E-state index contributed by atoms with van der Waals surface area (Å²) in [5.41, 5.74) is 3.73. The summed E-state index contributed by atoms with van der Waals surface area (Å²) in [5, 5.41) is 3.35. The van der Waals surface area contributed by atoms with Crippen LogP contribution in [0, 0.1) is 5.92 Å². The smallest absolute Gasteiger partial charge is 0.0929 e. The van der Waals surface area contributed by atoms with Crippen LogP contribution in [0.3, 0.4) is 0 Å². The Kier molecular flexibility index (Phi) is 6.06. The van der Waals surface area contributed by atoms with Crippen molar-refractivity contribution < 1.29 is 0 Å². The summed E-state index contributed by atoms with van der Waals surface area (Å²) >= 11 is 1.74. The Bertz CT molecular complexity index is 451. The zero-order valence-electron chi connectivity index (χ0n) is 11.9. The number of hydrogen-bond acceptors (Lipinski definition) is 2. The van der Waals surface area contributed by atoms with Crippen molar-refractivity contribution in [2.45, 2.75) is 40.5 Å². The first-order valence-corrected chi connectivity index (χ1v) is 7.36. The van der Waals surface area contributed by atoms with Gasteiger partial charge >= 0.3 is 0 Å². The van der Waals surface area contributed by atoms with Gasteiger partial charge in [-0.05, 0) is 38.7 Å². The molecule has 0 radical (unpaired) electrons. The Morgan fingerprint density at radius 3 is 2.78 bits per heavy atom. The van der Waals surface area contributed by atoms with E-state index in [9.17, 15) is 0 Å². The number of allylic oxidation sites excluding steroid dienone is 4. The fraction of sp³-hybridized carbons (Fsp3) is 0.438. The number of aryl methyl sites for hydroxylation is 1. The number of thiazole rings is 1. The second kappa shape index (κ2) is 7.32. The van der Waals surface area contributed by atoms with Gasteiger partial charge in [-0.2, -0.15) is 0 Å². The minimum absolute atomic E-state index is 0.548. The Labute approximate surface area is 115 Å². The van der Waals surface area contributed by atoms with Crippen LogP contribution < -0.4 is 0 Å². The van der Waals surface area contributed by atoms with Crippen LogP contribution in [0.5, 0.6) is 0 Å². The number of rotatable bonds is 6. The van der Waals surface area contributed by atoms with Crippen molar-refractivity contribution in [3.63, 3.8) is 0 Å². The van der Waals surface area contributed by atoms with Gasteiger partial charge in [0.15, 0.2) is 0 Å². The molecule has 0 N–H and O–H groups in total. The van der Waals surface area contributed by atoms with E-state index in [1.165, 1.54) is 16.2 Å². The van der Waals surface area contributed by atoms with Gasteiger partial charge in [-0.25, -0.2) is 4.98 Å². The number of nitrogens with zero attached hydrogens (tertiary/aromatic N) is 1.